The molecule has 1 aromatic carbocycles. The lowest BCUT2D eigenvalue weighted by Gasteiger charge is -2.13. The first-order valence-corrected chi connectivity index (χ1v) is 4.38. The highest BCUT2D eigenvalue weighted by Gasteiger charge is 2.00. The van der Waals surface area contributed by atoms with Crippen LogP contribution in [-0.4, -0.2) is 6.04 Å². The molecule has 0 aliphatic heterocycles. The van der Waals surface area contributed by atoms with Crippen LogP contribution in [0, 0.1) is 6.92 Å². The number of rotatable bonds is 3. The van der Waals surface area contributed by atoms with Crippen molar-refractivity contribution in [1.82, 2.24) is 0 Å². The summed E-state index contributed by atoms with van der Waals surface area (Å²) < 4.78 is 0. The number of anilines is 2. The predicted octanol–water partition coefficient (Wildman–Crippen LogP) is 2.56. The number of aryl methyl sites for hydroxylation is 1. The van der Waals surface area contributed by atoms with E-state index >= 15 is 0 Å². The monoisotopic (exact) mass is 176 g/mol. The van der Waals surface area contributed by atoms with E-state index in [1.165, 1.54) is 5.56 Å². The van der Waals surface area contributed by atoms with Crippen LogP contribution in [0.25, 0.3) is 0 Å². The molecular formula is C11H16N2. The Labute approximate surface area is 79.5 Å². The number of nitrogens with two attached hydrogens (primary N) is 1. The van der Waals surface area contributed by atoms with Crippen molar-refractivity contribution in [3.63, 3.8) is 0 Å². The lowest BCUT2D eigenvalue weighted by molar-refractivity contribution is 0.998. The van der Waals surface area contributed by atoms with Crippen LogP contribution in [0.15, 0.2) is 30.9 Å². The molecule has 0 aromatic heterocycles. The first-order valence-electron chi connectivity index (χ1n) is 4.38. The lowest BCUT2D eigenvalue weighted by atomic mass is 10.1. The first-order chi connectivity index (χ1) is 6.13. The van der Waals surface area contributed by atoms with Gasteiger partial charge in [-0.2, -0.15) is 0 Å². The summed E-state index contributed by atoms with van der Waals surface area (Å²) in [5.74, 6) is 0. The zero-order valence-corrected chi connectivity index (χ0v) is 8.17. The number of benzene rings is 1. The number of nitrogen functional groups attached to an aromatic ring is 1. The van der Waals surface area contributed by atoms with E-state index in [4.69, 9.17) is 5.73 Å². The Morgan fingerprint density at radius 3 is 2.85 bits per heavy atom. The van der Waals surface area contributed by atoms with Crippen LogP contribution in [0.3, 0.4) is 0 Å². The molecule has 3 N–H and O–H groups in total. The standard InChI is InChI=1S/C11H16N2/c1-4-9(3)13-11-7-10(12)6-5-8(11)2/h4-7,9,13H,1,12H2,2-3H3. The molecule has 0 aliphatic carbocycles. The van der Waals surface area contributed by atoms with Crippen molar-refractivity contribution >= 4 is 11.4 Å². The van der Waals surface area contributed by atoms with Crippen molar-refractivity contribution in [2.75, 3.05) is 11.1 Å². The molecule has 1 rings (SSSR count). The van der Waals surface area contributed by atoms with E-state index in [-0.39, 0.29) is 6.04 Å². The van der Waals surface area contributed by atoms with E-state index in [1.54, 1.807) is 0 Å². The molecule has 0 aliphatic rings. The highest BCUT2D eigenvalue weighted by Crippen LogP contribution is 2.18. The molecule has 2 heteroatoms. The van der Waals surface area contributed by atoms with Crippen LogP contribution in [0.4, 0.5) is 11.4 Å². The highest BCUT2D eigenvalue weighted by atomic mass is 14.9. The maximum Gasteiger partial charge on any atom is 0.0413 e. The molecule has 1 aromatic rings. The van der Waals surface area contributed by atoms with Crippen LogP contribution in [0.2, 0.25) is 0 Å². The van der Waals surface area contributed by atoms with Gasteiger partial charge in [-0.25, -0.2) is 0 Å². The van der Waals surface area contributed by atoms with Gasteiger partial charge in [0.1, 0.15) is 0 Å². The van der Waals surface area contributed by atoms with E-state index in [9.17, 15) is 0 Å². The van der Waals surface area contributed by atoms with Gasteiger partial charge in [0.25, 0.3) is 0 Å². The average Bonchev–Trinajstić information content (AvgIpc) is 2.11. The van der Waals surface area contributed by atoms with Crippen LogP contribution in [0.5, 0.6) is 0 Å². The molecule has 70 valence electrons. The molecule has 0 saturated carbocycles. The fourth-order valence-corrected chi connectivity index (χ4v) is 1.10. The normalized spacial score (nSPS) is 12.2. The van der Waals surface area contributed by atoms with Gasteiger partial charge >= 0.3 is 0 Å². The summed E-state index contributed by atoms with van der Waals surface area (Å²) in [6, 6.07) is 6.11. The van der Waals surface area contributed by atoms with Crippen molar-refractivity contribution in [1.29, 1.82) is 0 Å². The Balaban J connectivity index is 2.86. The Morgan fingerprint density at radius 2 is 2.23 bits per heavy atom. The molecule has 0 saturated heterocycles. The van der Waals surface area contributed by atoms with Crippen molar-refractivity contribution in [3.05, 3.63) is 36.4 Å². The molecule has 1 atom stereocenters. The van der Waals surface area contributed by atoms with Crippen LogP contribution < -0.4 is 11.1 Å². The molecule has 1 unspecified atom stereocenters. The maximum absolute atomic E-state index is 5.68. The quantitative estimate of drug-likeness (QED) is 0.548. The molecule has 0 fully saturated rings. The fraction of sp³-hybridized carbons (Fsp3) is 0.273. The van der Waals surface area contributed by atoms with Gasteiger partial charge in [0, 0.05) is 17.4 Å². The van der Waals surface area contributed by atoms with Crippen LogP contribution in [0.1, 0.15) is 12.5 Å². The van der Waals surface area contributed by atoms with Crippen LogP contribution >= 0.6 is 0 Å². The van der Waals surface area contributed by atoms with E-state index in [0.29, 0.717) is 0 Å². The first kappa shape index (κ1) is 9.65. The van der Waals surface area contributed by atoms with Crippen molar-refractivity contribution < 1.29 is 0 Å². The SMILES string of the molecule is C=CC(C)Nc1cc(N)ccc1C. The minimum atomic E-state index is 0.264. The van der Waals surface area contributed by atoms with Gasteiger partial charge in [0.05, 0.1) is 0 Å². The Morgan fingerprint density at radius 1 is 1.54 bits per heavy atom. The van der Waals surface area contributed by atoms with Gasteiger partial charge in [-0.3, -0.25) is 0 Å². The summed E-state index contributed by atoms with van der Waals surface area (Å²) in [7, 11) is 0. The minimum Gasteiger partial charge on any atom is -0.399 e. The zero-order valence-electron chi connectivity index (χ0n) is 8.17. The summed E-state index contributed by atoms with van der Waals surface area (Å²) in [5, 5.41) is 3.30. The van der Waals surface area contributed by atoms with E-state index < -0.39 is 0 Å². The van der Waals surface area contributed by atoms with Crippen molar-refractivity contribution in [3.8, 4) is 0 Å². The summed E-state index contributed by atoms with van der Waals surface area (Å²) >= 11 is 0. The second-order valence-electron chi connectivity index (χ2n) is 3.24. The Hall–Kier alpha value is -1.44. The number of hydrogen-bond donors (Lipinski definition) is 2. The number of hydrogen-bond acceptors (Lipinski definition) is 2. The summed E-state index contributed by atoms with van der Waals surface area (Å²) in [6.07, 6.45) is 1.86. The largest absolute Gasteiger partial charge is 0.399 e. The molecule has 0 amide bonds. The second kappa shape index (κ2) is 3.99. The van der Waals surface area contributed by atoms with Gasteiger partial charge in [-0.15, -0.1) is 6.58 Å². The van der Waals surface area contributed by atoms with Crippen molar-refractivity contribution in [2.45, 2.75) is 19.9 Å². The molecule has 0 spiro atoms. The summed E-state index contributed by atoms with van der Waals surface area (Å²) in [5.41, 5.74) is 8.73. The fourth-order valence-electron chi connectivity index (χ4n) is 1.10. The average molecular weight is 176 g/mol. The zero-order chi connectivity index (χ0) is 9.84. The predicted molar refractivity (Wildman–Crippen MR) is 58.9 cm³/mol. The third kappa shape index (κ3) is 2.51. The molecule has 2 nitrogen and oxygen atoms in total. The topological polar surface area (TPSA) is 38.0 Å². The highest BCUT2D eigenvalue weighted by molar-refractivity contribution is 5.59. The summed E-state index contributed by atoms with van der Waals surface area (Å²) in [4.78, 5) is 0. The van der Waals surface area contributed by atoms with Gasteiger partial charge in [-0.05, 0) is 31.5 Å². The second-order valence-corrected chi connectivity index (χ2v) is 3.24. The van der Waals surface area contributed by atoms with Gasteiger partial charge in [0.15, 0.2) is 0 Å². The van der Waals surface area contributed by atoms with Crippen LogP contribution in [-0.2, 0) is 0 Å². The molecular weight excluding hydrogens is 160 g/mol. The Kier molecular flexibility index (Phi) is 2.96. The summed E-state index contributed by atoms with van der Waals surface area (Å²) in [6.45, 7) is 7.82. The lowest BCUT2D eigenvalue weighted by Crippen LogP contribution is -2.12. The number of nitrogens with one attached hydrogen (secondary N) is 1. The molecule has 0 heterocycles. The third-order valence-electron chi connectivity index (χ3n) is 2.00. The minimum absolute atomic E-state index is 0.264. The van der Waals surface area contributed by atoms with Gasteiger partial charge in [-0.1, -0.05) is 12.1 Å². The van der Waals surface area contributed by atoms with E-state index in [0.717, 1.165) is 11.4 Å². The third-order valence-corrected chi connectivity index (χ3v) is 2.00. The van der Waals surface area contributed by atoms with E-state index in [2.05, 4.69) is 25.7 Å². The van der Waals surface area contributed by atoms with Gasteiger partial charge in [0.2, 0.25) is 0 Å². The maximum atomic E-state index is 5.68. The van der Waals surface area contributed by atoms with Gasteiger partial charge < -0.3 is 11.1 Å². The molecule has 0 radical (unpaired) electrons. The molecule has 0 bridgehead atoms. The molecule has 13 heavy (non-hydrogen) atoms. The van der Waals surface area contributed by atoms with E-state index in [1.807, 2.05) is 24.3 Å². The smallest absolute Gasteiger partial charge is 0.0413 e. The van der Waals surface area contributed by atoms with Crippen molar-refractivity contribution in [2.24, 2.45) is 0 Å². The Bertz CT molecular complexity index is 305.